The van der Waals surface area contributed by atoms with Gasteiger partial charge in [0.15, 0.2) is 0 Å². The number of aromatic nitrogens is 3. The summed E-state index contributed by atoms with van der Waals surface area (Å²) in [5.41, 5.74) is 0.160. The minimum atomic E-state index is -0.888. The smallest absolute Gasteiger partial charge is 0.202 e. The number of rotatable bonds is 2. The Morgan fingerprint density at radius 2 is 2.05 bits per heavy atom. The lowest BCUT2D eigenvalue weighted by molar-refractivity contribution is 0.103. The van der Waals surface area contributed by atoms with Gasteiger partial charge in [-0.2, -0.15) is 5.10 Å². The molecular formula is C14H9F2N3O. The lowest BCUT2D eigenvalue weighted by Gasteiger charge is -2.05. The first kappa shape index (κ1) is 12.4. The number of ketones is 1. The highest BCUT2D eigenvalue weighted by Gasteiger charge is 2.23. The molecule has 100 valence electrons. The molecule has 0 radical (unpaired) electrons. The molecule has 1 aromatic carbocycles. The van der Waals surface area contributed by atoms with Gasteiger partial charge in [-0.05, 0) is 18.6 Å². The first-order valence-corrected chi connectivity index (χ1v) is 5.86. The number of aryl methyl sites for hydroxylation is 1. The van der Waals surface area contributed by atoms with Crippen molar-refractivity contribution in [3.05, 3.63) is 65.2 Å². The van der Waals surface area contributed by atoms with Gasteiger partial charge < -0.3 is 0 Å². The zero-order valence-electron chi connectivity index (χ0n) is 10.5. The standard InChI is InChI=1S/C14H9F2N3O/c1-8-2-3-10(15)12(13(8)16)14(20)9-6-18-19-5-4-17-7-11(9)19/h2-7H,1H3. The maximum Gasteiger partial charge on any atom is 0.202 e. The SMILES string of the molecule is Cc1ccc(F)c(C(=O)c2cnn3ccncc23)c1F. The van der Waals surface area contributed by atoms with Crippen LogP contribution in [0.3, 0.4) is 0 Å². The van der Waals surface area contributed by atoms with Crippen molar-refractivity contribution < 1.29 is 13.6 Å². The highest BCUT2D eigenvalue weighted by molar-refractivity contribution is 6.13. The second kappa shape index (κ2) is 4.48. The van der Waals surface area contributed by atoms with Crippen molar-refractivity contribution in [1.29, 1.82) is 0 Å². The van der Waals surface area contributed by atoms with Gasteiger partial charge in [0.1, 0.15) is 11.6 Å². The molecule has 20 heavy (non-hydrogen) atoms. The van der Waals surface area contributed by atoms with Crippen LogP contribution in [0.4, 0.5) is 8.78 Å². The normalized spacial score (nSPS) is 10.9. The van der Waals surface area contributed by atoms with E-state index in [1.54, 1.807) is 6.20 Å². The first-order chi connectivity index (χ1) is 9.59. The topological polar surface area (TPSA) is 47.3 Å². The fraction of sp³-hybridized carbons (Fsp3) is 0.0714. The molecule has 0 aliphatic heterocycles. The quantitative estimate of drug-likeness (QED) is 0.674. The van der Waals surface area contributed by atoms with Gasteiger partial charge in [-0.25, -0.2) is 13.3 Å². The summed E-state index contributed by atoms with van der Waals surface area (Å²) in [6.45, 7) is 1.48. The molecule has 0 atom stereocenters. The van der Waals surface area contributed by atoms with E-state index in [9.17, 15) is 13.6 Å². The average molecular weight is 273 g/mol. The molecule has 6 heteroatoms. The number of halogens is 2. The Morgan fingerprint density at radius 3 is 2.85 bits per heavy atom. The van der Waals surface area contributed by atoms with E-state index in [1.165, 1.54) is 36.1 Å². The van der Waals surface area contributed by atoms with Crippen molar-refractivity contribution in [3.8, 4) is 0 Å². The molecule has 0 fully saturated rings. The number of hydrogen-bond acceptors (Lipinski definition) is 3. The summed E-state index contributed by atoms with van der Waals surface area (Å²) in [6, 6.07) is 2.37. The molecule has 0 N–H and O–H groups in total. The molecule has 3 aromatic rings. The largest absolute Gasteiger partial charge is 0.288 e. The summed E-state index contributed by atoms with van der Waals surface area (Å²) in [7, 11) is 0. The van der Waals surface area contributed by atoms with Crippen LogP contribution in [-0.4, -0.2) is 20.4 Å². The zero-order chi connectivity index (χ0) is 14.3. The van der Waals surface area contributed by atoms with Gasteiger partial charge in [-0.1, -0.05) is 6.07 Å². The summed E-state index contributed by atoms with van der Waals surface area (Å²) < 4.78 is 29.2. The molecule has 4 nitrogen and oxygen atoms in total. The molecule has 2 aromatic heterocycles. The second-order valence-electron chi connectivity index (χ2n) is 4.35. The number of hydrogen-bond donors (Lipinski definition) is 0. The van der Waals surface area contributed by atoms with E-state index < -0.39 is 23.0 Å². The first-order valence-electron chi connectivity index (χ1n) is 5.86. The van der Waals surface area contributed by atoms with E-state index in [0.29, 0.717) is 5.52 Å². The Balaban J connectivity index is 2.21. The second-order valence-corrected chi connectivity index (χ2v) is 4.35. The van der Waals surface area contributed by atoms with Gasteiger partial charge in [-0.3, -0.25) is 9.78 Å². The predicted octanol–water partition coefficient (Wildman–Crippen LogP) is 2.55. The number of carbonyl (C=O) groups is 1. The molecule has 0 bridgehead atoms. The van der Waals surface area contributed by atoms with Crippen LogP contribution in [0.5, 0.6) is 0 Å². The molecule has 0 saturated carbocycles. The van der Waals surface area contributed by atoms with Crippen molar-refractivity contribution >= 4 is 11.3 Å². The maximum atomic E-state index is 14.0. The molecule has 0 aliphatic carbocycles. The molecule has 0 amide bonds. The Kier molecular flexibility index (Phi) is 2.78. The highest BCUT2D eigenvalue weighted by Crippen LogP contribution is 2.21. The third kappa shape index (κ3) is 1.77. The highest BCUT2D eigenvalue weighted by atomic mass is 19.1. The number of fused-ring (bicyclic) bond motifs is 1. The Bertz CT molecular complexity index is 826. The monoisotopic (exact) mass is 273 g/mol. The number of nitrogens with zero attached hydrogens (tertiary/aromatic N) is 3. The van der Waals surface area contributed by atoms with Crippen LogP contribution >= 0.6 is 0 Å². The Hall–Kier alpha value is -2.63. The van der Waals surface area contributed by atoms with Crippen LogP contribution < -0.4 is 0 Å². The van der Waals surface area contributed by atoms with E-state index >= 15 is 0 Å². The zero-order valence-corrected chi connectivity index (χ0v) is 10.5. The van der Waals surface area contributed by atoms with E-state index in [2.05, 4.69) is 10.1 Å². The van der Waals surface area contributed by atoms with Crippen LogP contribution in [0.2, 0.25) is 0 Å². The molecule has 0 saturated heterocycles. The molecular weight excluding hydrogens is 264 g/mol. The van der Waals surface area contributed by atoms with Gasteiger partial charge in [0.25, 0.3) is 0 Å². The molecule has 3 rings (SSSR count). The summed E-state index contributed by atoms with van der Waals surface area (Å²) in [5, 5.41) is 3.96. The van der Waals surface area contributed by atoms with Crippen LogP contribution in [0, 0.1) is 18.6 Å². The third-order valence-electron chi connectivity index (χ3n) is 3.08. The lowest BCUT2D eigenvalue weighted by atomic mass is 10.0. The molecule has 0 aliphatic rings. The molecule has 0 spiro atoms. The van der Waals surface area contributed by atoms with Crippen molar-refractivity contribution in [3.63, 3.8) is 0 Å². The molecule has 0 unspecified atom stereocenters. The van der Waals surface area contributed by atoms with Gasteiger partial charge >= 0.3 is 0 Å². The summed E-state index contributed by atoms with van der Waals surface area (Å²) in [4.78, 5) is 16.2. The Morgan fingerprint density at radius 1 is 1.25 bits per heavy atom. The minimum absolute atomic E-state index is 0.113. The van der Waals surface area contributed by atoms with Gasteiger partial charge in [0, 0.05) is 12.4 Å². The fourth-order valence-corrected chi connectivity index (χ4v) is 2.01. The van der Waals surface area contributed by atoms with Gasteiger partial charge in [0.2, 0.25) is 5.78 Å². The minimum Gasteiger partial charge on any atom is -0.288 e. The average Bonchev–Trinajstić information content (AvgIpc) is 2.87. The van der Waals surface area contributed by atoms with Crippen molar-refractivity contribution in [1.82, 2.24) is 14.6 Å². The van der Waals surface area contributed by atoms with Gasteiger partial charge in [0.05, 0.1) is 29.0 Å². The van der Waals surface area contributed by atoms with Crippen LogP contribution in [0.25, 0.3) is 5.52 Å². The van der Waals surface area contributed by atoms with Crippen molar-refractivity contribution in [2.24, 2.45) is 0 Å². The van der Waals surface area contributed by atoms with Crippen LogP contribution in [-0.2, 0) is 0 Å². The third-order valence-corrected chi connectivity index (χ3v) is 3.08. The lowest BCUT2D eigenvalue weighted by Crippen LogP contribution is -2.08. The van der Waals surface area contributed by atoms with Crippen LogP contribution in [0.1, 0.15) is 21.5 Å². The van der Waals surface area contributed by atoms with Crippen molar-refractivity contribution in [2.45, 2.75) is 6.92 Å². The molecule has 2 heterocycles. The van der Waals surface area contributed by atoms with E-state index in [1.807, 2.05) is 0 Å². The van der Waals surface area contributed by atoms with Gasteiger partial charge in [-0.15, -0.1) is 0 Å². The number of benzene rings is 1. The van der Waals surface area contributed by atoms with Crippen molar-refractivity contribution in [2.75, 3.05) is 0 Å². The summed E-state index contributed by atoms with van der Waals surface area (Å²) in [6.07, 6.45) is 5.75. The maximum absolute atomic E-state index is 14.0. The van der Waals surface area contributed by atoms with E-state index in [4.69, 9.17) is 0 Å². The summed E-state index contributed by atoms with van der Waals surface area (Å²) >= 11 is 0. The Labute approximate surface area is 112 Å². The van der Waals surface area contributed by atoms with Crippen LogP contribution in [0.15, 0.2) is 36.9 Å². The fourth-order valence-electron chi connectivity index (χ4n) is 2.01. The summed E-state index contributed by atoms with van der Waals surface area (Å²) in [5.74, 6) is -2.48. The predicted molar refractivity (Wildman–Crippen MR) is 67.5 cm³/mol. The van der Waals surface area contributed by atoms with E-state index in [-0.39, 0.29) is 11.1 Å². The van der Waals surface area contributed by atoms with E-state index in [0.717, 1.165) is 6.07 Å². The number of carbonyl (C=O) groups excluding carboxylic acids is 1.